The molecule has 0 aliphatic carbocycles. The molecule has 0 spiro atoms. The van der Waals surface area contributed by atoms with E-state index >= 15 is 0 Å². The zero-order valence-electron chi connectivity index (χ0n) is 15.7. The van der Waals surface area contributed by atoms with Crippen molar-refractivity contribution in [3.8, 4) is 22.8 Å². The SMILES string of the molecule is CCCn1cc(-c2nc(-c3cccc(C)c3)no2)c(=O)c2cc(C)ccc21. The fourth-order valence-electron chi connectivity index (χ4n) is 3.32. The second-order valence-electron chi connectivity index (χ2n) is 6.88. The van der Waals surface area contributed by atoms with Crippen molar-refractivity contribution in [2.75, 3.05) is 0 Å². The molecule has 0 saturated heterocycles. The lowest BCUT2D eigenvalue weighted by atomic mass is 10.1. The number of hydrogen-bond donors (Lipinski definition) is 0. The first-order valence-corrected chi connectivity index (χ1v) is 9.11. The van der Waals surface area contributed by atoms with Crippen molar-refractivity contribution < 1.29 is 4.52 Å². The van der Waals surface area contributed by atoms with Crippen LogP contribution in [0.15, 0.2) is 58.0 Å². The summed E-state index contributed by atoms with van der Waals surface area (Å²) in [5, 5.41) is 4.76. The molecule has 0 bridgehead atoms. The monoisotopic (exact) mass is 359 g/mol. The van der Waals surface area contributed by atoms with Crippen molar-refractivity contribution in [2.24, 2.45) is 0 Å². The average Bonchev–Trinajstić information content (AvgIpc) is 3.14. The summed E-state index contributed by atoms with van der Waals surface area (Å²) in [6.45, 7) is 6.92. The van der Waals surface area contributed by atoms with Gasteiger partial charge in [-0.05, 0) is 38.5 Å². The standard InChI is InChI=1S/C22H21N3O2/c1-4-10-25-13-18(20(26)17-12-15(3)8-9-19(17)25)22-23-21(24-27-22)16-7-5-6-14(2)11-16/h5-9,11-13H,4,10H2,1-3H3. The summed E-state index contributed by atoms with van der Waals surface area (Å²) < 4.78 is 7.55. The van der Waals surface area contributed by atoms with E-state index in [9.17, 15) is 4.79 Å². The van der Waals surface area contributed by atoms with E-state index in [1.54, 1.807) is 0 Å². The maximum absolute atomic E-state index is 13.1. The zero-order chi connectivity index (χ0) is 19.0. The van der Waals surface area contributed by atoms with E-state index in [0.29, 0.717) is 16.8 Å². The van der Waals surface area contributed by atoms with Crippen LogP contribution in [-0.4, -0.2) is 14.7 Å². The molecule has 0 N–H and O–H groups in total. The largest absolute Gasteiger partial charge is 0.346 e. The summed E-state index contributed by atoms with van der Waals surface area (Å²) in [5.41, 5.74) is 4.31. The van der Waals surface area contributed by atoms with E-state index in [4.69, 9.17) is 4.52 Å². The summed E-state index contributed by atoms with van der Waals surface area (Å²) in [7, 11) is 0. The van der Waals surface area contributed by atoms with Crippen LogP contribution in [-0.2, 0) is 6.54 Å². The summed E-state index contributed by atoms with van der Waals surface area (Å²) in [6, 6.07) is 13.8. The highest BCUT2D eigenvalue weighted by Crippen LogP contribution is 2.23. The number of fused-ring (bicyclic) bond motifs is 1. The van der Waals surface area contributed by atoms with Gasteiger partial charge < -0.3 is 9.09 Å². The minimum absolute atomic E-state index is 0.0829. The van der Waals surface area contributed by atoms with Gasteiger partial charge in [-0.25, -0.2) is 0 Å². The third kappa shape index (κ3) is 3.16. The van der Waals surface area contributed by atoms with Gasteiger partial charge in [0.1, 0.15) is 5.56 Å². The van der Waals surface area contributed by atoms with Crippen LogP contribution in [0.4, 0.5) is 0 Å². The lowest BCUT2D eigenvalue weighted by Gasteiger charge is -2.11. The summed E-state index contributed by atoms with van der Waals surface area (Å²) in [6.07, 6.45) is 2.79. The Morgan fingerprint density at radius 1 is 1.07 bits per heavy atom. The van der Waals surface area contributed by atoms with E-state index in [2.05, 4.69) is 21.6 Å². The molecule has 4 aromatic rings. The van der Waals surface area contributed by atoms with Crippen LogP contribution < -0.4 is 5.43 Å². The molecule has 0 unspecified atom stereocenters. The van der Waals surface area contributed by atoms with Crippen molar-refractivity contribution in [3.63, 3.8) is 0 Å². The Kier molecular flexibility index (Phi) is 4.36. The molecule has 5 nitrogen and oxygen atoms in total. The van der Waals surface area contributed by atoms with Gasteiger partial charge >= 0.3 is 0 Å². The molecule has 0 fully saturated rings. The molecule has 2 aromatic carbocycles. The predicted octanol–water partition coefficient (Wildman–Crippen LogP) is 4.75. The van der Waals surface area contributed by atoms with Crippen LogP contribution in [0, 0.1) is 13.8 Å². The number of aryl methyl sites for hydroxylation is 3. The lowest BCUT2D eigenvalue weighted by molar-refractivity contribution is 0.431. The Balaban J connectivity index is 1.89. The Hall–Kier alpha value is -3.21. The van der Waals surface area contributed by atoms with Crippen molar-refractivity contribution >= 4 is 10.9 Å². The minimum Gasteiger partial charge on any atom is -0.346 e. The normalized spacial score (nSPS) is 11.2. The Morgan fingerprint density at radius 3 is 2.67 bits per heavy atom. The topological polar surface area (TPSA) is 60.9 Å². The third-order valence-corrected chi connectivity index (χ3v) is 4.63. The molecule has 2 heterocycles. The smallest absolute Gasteiger partial charge is 0.263 e. The van der Waals surface area contributed by atoms with E-state index < -0.39 is 0 Å². The van der Waals surface area contributed by atoms with Gasteiger partial charge in [0.2, 0.25) is 11.3 Å². The first-order chi connectivity index (χ1) is 13.1. The molecule has 0 aliphatic heterocycles. The van der Waals surface area contributed by atoms with Crippen molar-refractivity contribution in [1.29, 1.82) is 0 Å². The van der Waals surface area contributed by atoms with Gasteiger partial charge in [-0.15, -0.1) is 0 Å². The van der Waals surface area contributed by atoms with Crippen LogP contribution in [0.2, 0.25) is 0 Å². The number of nitrogens with zero attached hydrogens (tertiary/aromatic N) is 3. The molecule has 136 valence electrons. The molecule has 0 saturated carbocycles. The quantitative estimate of drug-likeness (QED) is 0.528. The van der Waals surface area contributed by atoms with Gasteiger partial charge in [-0.1, -0.05) is 47.5 Å². The highest BCUT2D eigenvalue weighted by molar-refractivity contribution is 5.83. The summed E-state index contributed by atoms with van der Waals surface area (Å²) in [5.74, 6) is 0.740. The predicted molar refractivity (Wildman–Crippen MR) is 107 cm³/mol. The van der Waals surface area contributed by atoms with Crippen LogP contribution in [0.3, 0.4) is 0 Å². The van der Waals surface area contributed by atoms with Gasteiger partial charge in [0.05, 0.1) is 5.52 Å². The Morgan fingerprint density at radius 2 is 1.89 bits per heavy atom. The third-order valence-electron chi connectivity index (χ3n) is 4.63. The number of aromatic nitrogens is 3. The van der Waals surface area contributed by atoms with E-state index in [-0.39, 0.29) is 11.3 Å². The highest BCUT2D eigenvalue weighted by Gasteiger charge is 2.17. The van der Waals surface area contributed by atoms with Crippen molar-refractivity contribution in [1.82, 2.24) is 14.7 Å². The van der Waals surface area contributed by atoms with Crippen molar-refractivity contribution in [3.05, 3.63) is 70.0 Å². The maximum Gasteiger partial charge on any atom is 0.263 e. The fraction of sp³-hybridized carbons (Fsp3) is 0.227. The molecule has 2 aromatic heterocycles. The van der Waals surface area contributed by atoms with E-state index in [1.165, 1.54) is 0 Å². The first kappa shape index (κ1) is 17.2. The fourth-order valence-corrected chi connectivity index (χ4v) is 3.32. The Labute approximate surface area is 157 Å². The van der Waals surface area contributed by atoms with Gasteiger partial charge in [-0.2, -0.15) is 4.98 Å². The molecule has 0 aliphatic rings. The molecule has 0 amide bonds. The molecule has 0 atom stereocenters. The van der Waals surface area contributed by atoms with E-state index in [0.717, 1.165) is 35.2 Å². The average molecular weight is 359 g/mol. The minimum atomic E-state index is -0.0829. The Bertz CT molecular complexity index is 1190. The molecule has 5 heteroatoms. The molecule has 4 rings (SSSR count). The number of pyridine rings is 1. The van der Waals surface area contributed by atoms with Crippen LogP contribution in [0.5, 0.6) is 0 Å². The second-order valence-corrected chi connectivity index (χ2v) is 6.88. The van der Waals surface area contributed by atoms with Crippen molar-refractivity contribution in [2.45, 2.75) is 33.7 Å². The van der Waals surface area contributed by atoms with Gasteiger partial charge in [0.25, 0.3) is 5.89 Å². The lowest BCUT2D eigenvalue weighted by Crippen LogP contribution is -2.12. The maximum atomic E-state index is 13.1. The number of benzene rings is 2. The van der Waals surface area contributed by atoms with Crippen LogP contribution in [0.25, 0.3) is 33.7 Å². The first-order valence-electron chi connectivity index (χ1n) is 9.11. The summed E-state index contributed by atoms with van der Waals surface area (Å²) in [4.78, 5) is 17.6. The molecule has 27 heavy (non-hydrogen) atoms. The highest BCUT2D eigenvalue weighted by atomic mass is 16.5. The zero-order valence-corrected chi connectivity index (χ0v) is 15.7. The number of rotatable bonds is 4. The van der Waals surface area contributed by atoms with E-state index in [1.807, 2.05) is 62.5 Å². The van der Waals surface area contributed by atoms with Gasteiger partial charge in [-0.3, -0.25) is 4.79 Å². The molecular formula is C22H21N3O2. The molecule has 0 radical (unpaired) electrons. The second kappa shape index (κ2) is 6.83. The van der Waals surface area contributed by atoms with Crippen LogP contribution in [0.1, 0.15) is 24.5 Å². The van der Waals surface area contributed by atoms with Crippen LogP contribution >= 0.6 is 0 Å². The van der Waals surface area contributed by atoms with Gasteiger partial charge in [0, 0.05) is 23.7 Å². The van der Waals surface area contributed by atoms with Gasteiger partial charge in [0.15, 0.2) is 0 Å². The molecular weight excluding hydrogens is 338 g/mol. The summed E-state index contributed by atoms with van der Waals surface area (Å²) >= 11 is 0. The number of hydrogen-bond acceptors (Lipinski definition) is 4.